The Kier molecular flexibility index (Phi) is 5.97. The van der Waals surface area contributed by atoms with Crippen molar-refractivity contribution in [3.8, 4) is 17.6 Å². The number of aromatic nitrogens is 1. The van der Waals surface area contributed by atoms with Gasteiger partial charge in [-0.1, -0.05) is 13.8 Å². The van der Waals surface area contributed by atoms with E-state index in [1.165, 1.54) is 7.11 Å². The lowest BCUT2D eigenvalue weighted by Gasteiger charge is -2.45. The summed E-state index contributed by atoms with van der Waals surface area (Å²) in [4.78, 5) is 15.0. The van der Waals surface area contributed by atoms with E-state index in [9.17, 15) is 17.6 Å². The summed E-state index contributed by atoms with van der Waals surface area (Å²) in [5, 5.41) is 6.61. The number of ether oxygens (including phenoxy) is 1. The number of fused-ring (bicyclic) bond motifs is 1. The molecule has 1 N–H and O–H groups in total. The van der Waals surface area contributed by atoms with Crippen molar-refractivity contribution >= 4 is 21.0 Å². The zero-order chi connectivity index (χ0) is 24.1. The van der Waals surface area contributed by atoms with Crippen LogP contribution in [0.5, 0.6) is 11.5 Å². The van der Waals surface area contributed by atoms with E-state index in [-0.39, 0.29) is 28.6 Å². The molecule has 0 spiro atoms. The second-order valence-corrected chi connectivity index (χ2v) is 10.1. The molecule has 1 aromatic heterocycles. The maximum atomic E-state index is 15.1. The van der Waals surface area contributed by atoms with E-state index in [1.54, 1.807) is 19.9 Å². The molecule has 1 fully saturated rings. The van der Waals surface area contributed by atoms with Gasteiger partial charge in [0.15, 0.2) is 22.4 Å². The smallest absolute Gasteiger partial charge is 0.318 e. The number of nitrogens with zero attached hydrogens (tertiary/aromatic N) is 1. The van der Waals surface area contributed by atoms with Crippen LogP contribution in [0.1, 0.15) is 39.2 Å². The van der Waals surface area contributed by atoms with Gasteiger partial charge in [0.25, 0.3) is 0 Å². The Morgan fingerprint density at radius 1 is 1.25 bits per heavy atom. The Morgan fingerprint density at radius 3 is 2.47 bits per heavy atom. The molecule has 1 aliphatic carbocycles. The minimum absolute atomic E-state index is 0.0186. The van der Waals surface area contributed by atoms with Gasteiger partial charge in [-0.2, -0.15) is 13.7 Å². The van der Waals surface area contributed by atoms with Crippen LogP contribution in [0.3, 0.4) is 0 Å². The lowest BCUT2D eigenvalue weighted by atomic mass is 9.73. The number of hydrogen-bond donors (Lipinski definition) is 1. The van der Waals surface area contributed by atoms with Crippen LogP contribution in [0.15, 0.2) is 23.1 Å². The predicted octanol–water partition coefficient (Wildman–Crippen LogP) is 3.92. The third kappa shape index (κ3) is 3.81. The Bertz CT molecular complexity index is 1250. The fourth-order valence-corrected chi connectivity index (χ4v) is 6.08. The van der Waals surface area contributed by atoms with E-state index >= 15 is 8.78 Å². The summed E-state index contributed by atoms with van der Waals surface area (Å²) in [6.07, 6.45) is 0.608. The molecule has 3 atom stereocenters. The first-order valence-corrected chi connectivity index (χ1v) is 11.4. The maximum absolute atomic E-state index is 15.1. The van der Waals surface area contributed by atoms with Gasteiger partial charge < -0.3 is 13.9 Å². The van der Waals surface area contributed by atoms with Gasteiger partial charge in [0, 0.05) is 12.3 Å². The van der Waals surface area contributed by atoms with E-state index in [1.807, 2.05) is 0 Å². The Hall–Kier alpha value is -2.74. The minimum atomic E-state index is -5.05. The molecule has 11 heteroatoms. The number of aromatic amines is 1. The average molecular weight is 472 g/mol. The fraction of sp³-hybridized carbons (Fsp3) is 0.524. The first-order valence-electron chi connectivity index (χ1n) is 9.90. The number of methoxy groups -OCH3 is 1. The second kappa shape index (κ2) is 7.99. The molecule has 1 heterocycles. The van der Waals surface area contributed by atoms with Gasteiger partial charge in [0.05, 0.1) is 18.0 Å². The van der Waals surface area contributed by atoms with Gasteiger partial charge in [0.2, 0.25) is 5.43 Å². The summed E-state index contributed by atoms with van der Waals surface area (Å²) in [6.45, 7) is 3.89. The number of benzene rings is 1. The topological polar surface area (TPSA) is 109 Å². The molecule has 2 aromatic rings. The largest absolute Gasteiger partial charge is 0.493 e. The van der Waals surface area contributed by atoms with Crippen molar-refractivity contribution in [3.05, 3.63) is 34.1 Å². The highest BCUT2D eigenvalue weighted by Crippen LogP contribution is 2.51. The van der Waals surface area contributed by atoms with Crippen molar-refractivity contribution in [2.24, 2.45) is 11.8 Å². The summed E-state index contributed by atoms with van der Waals surface area (Å²) in [6, 6.07) is 3.98. The molecule has 174 valence electrons. The Morgan fingerprint density at radius 2 is 1.91 bits per heavy atom. The molecule has 1 aliphatic rings. The van der Waals surface area contributed by atoms with Crippen LogP contribution in [0.2, 0.25) is 0 Å². The first-order chi connectivity index (χ1) is 14.8. The van der Waals surface area contributed by atoms with E-state index in [0.29, 0.717) is 6.92 Å². The van der Waals surface area contributed by atoms with Crippen molar-refractivity contribution < 1.29 is 30.5 Å². The van der Waals surface area contributed by atoms with E-state index in [0.717, 1.165) is 18.3 Å². The van der Waals surface area contributed by atoms with Crippen LogP contribution in [0, 0.1) is 23.2 Å². The van der Waals surface area contributed by atoms with E-state index in [4.69, 9.17) is 14.2 Å². The Labute approximate surface area is 183 Å². The number of nitriles is 1. The van der Waals surface area contributed by atoms with Crippen LogP contribution in [0.4, 0.5) is 13.2 Å². The number of rotatable bonds is 5. The molecular formula is C21H23F3N2O5S. The second-order valence-electron chi connectivity index (χ2n) is 8.46. The minimum Gasteiger partial charge on any atom is -0.493 e. The molecule has 7 nitrogen and oxygen atoms in total. The zero-order valence-corrected chi connectivity index (χ0v) is 18.7. The third-order valence-corrected chi connectivity index (χ3v) is 7.73. The lowest BCUT2D eigenvalue weighted by molar-refractivity contribution is -0.166. The monoisotopic (exact) mass is 472 g/mol. The van der Waals surface area contributed by atoms with Gasteiger partial charge in [0.1, 0.15) is 11.6 Å². The standard InChI is InChI=1S/C21H23F3N2O5S/c1-11(2)13-5-6-20(3,22)21(23,24)19(13)32(28,29)31-17-8-15-14(7-16(17)30-4)18(27)12(9-25)10-26-15/h7-8,10-11,13,19H,5-6H2,1-4H3,(H,26,27). The zero-order valence-electron chi connectivity index (χ0n) is 17.9. The molecular weight excluding hydrogens is 449 g/mol. The van der Waals surface area contributed by atoms with Crippen LogP contribution in [-0.4, -0.2) is 37.4 Å². The highest BCUT2D eigenvalue weighted by Gasteiger charge is 2.67. The molecule has 0 bridgehead atoms. The SMILES string of the molecule is COc1cc2c(=O)c(C#N)c[nH]c2cc1OS(=O)(=O)C1C(C(C)C)CCC(C)(F)C1(F)F. The van der Waals surface area contributed by atoms with Crippen molar-refractivity contribution in [1.82, 2.24) is 4.98 Å². The highest BCUT2D eigenvalue weighted by atomic mass is 32.2. The molecule has 3 rings (SSSR count). The molecule has 32 heavy (non-hydrogen) atoms. The summed E-state index contributed by atoms with van der Waals surface area (Å²) < 4.78 is 81.3. The number of halogens is 3. The summed E-state index contributed by atoms with van der Waals surface area (Å²) >= 11 is 0. The predicted molar refractivity (Wildman–Crippen MR) is 111 cm³/mol. The van der Waals surface area contributed by atoms with Crippen molar-refractivity contribution in [1.29, 1.82) is 5.26 Å². The van der Waals surface area contributed by atoms with Gasteiger partial charge >= 0.3 is 16.0 Å². The summed E-state index contributed by atoms with van der Waals surface area (Å²) in [7, 11) is -3.87. The molecule has 0 saturated heterocycles. The quantitative estimate of drug-likeness (QED) is 0.661. The number of alkyl halides is 3. The van der Waals surface area contributed by atoms with Gasteiger partial charge in [-0.05, 0) is 37.7 Å². The third-order valence-electron chi connectivity index (χ3n) is 6.05. The van der Waals surface area contributed by atoms with Crippen LogP contribution >= 0.6 is 0 Å². The van der Waals surface area contributed by atoms with E-state index in [2.05, 4.69) is 4.98 Å². The molecule has 0 amide bonds. The number of pyridine rings is 1. The summed E-state index contributed by atoms with van der Waals surface area (Å²) in [5.74, 6) is -6.36. The van der Waals surface area contributed by atoms with Crippen molar-refractivity contribution in [3.63, 3.8) is 0 Å². The van der Waals surface area contributed by atoms with Gasteiger partial charge in [-0.25, -0.2) is 13.2 Å². The normalized spacial score (nSPS) is 25.5. The van der Waals surface area contributed by atoms with E-state index < -0.39 is 56.4 Å². The van der Waals surface area contributed by atoms with Crippen molar-refractivity contribution in [2.75, 3.05) is 7.11 Å². The highest BCUT2D eigenvalue weighted by molar-refractivity contribution is 7.87. The first kappa shape index (κ1) is 23.9. The van der Waals surface area contributed by atoms with Gasteiger partial charge in [-0.15, -0.1) is 0 Å². The number of hydrogen-bond acceptors (Lipinski definition) is 6. The molecule has 3 unspecified atom stereocenters. The fourth-order valence-electron chi connectivity index (χ4n) is 4.11. The van der Waals surface area contributed by atoms with Crippen molar-refractivity contribution in [2.45, 2.75) is 50.5 Å². The van der Waals surface area contributed by atoms with Gasteiger partial charge in [-0.3, -0.25) is 4.79 Å². The molecule has 1 aromatic carbocycles. The van der Waals surface area contributed by atoms with Crippen LogP contribution in [0.25, 0.3) is 10.9 Å². The number of H-pyrrole nitrogens is 1. The average Bonchev–Trinajstić information content (AvgIpc) is 2.69. The summed E-state index contributed by atoms with van der Waals surface area (Å²) in [5.41, 5.74) is -3.72. The number of nitrogens with one attached hydrogen (secondary N) is 1. The maximum Gasteiger partial charge on any atom is 0.318 e. The molecule has 0 aliphatic heterocycles. The van der Waals surface area contributed by atoms with Crippen LogP contribution in [-0.2, 0) is 10.1 Å². The molecule has 1 saturated carbocycles. The molecule has 0 radical (unpaired) electrons. The lowest BCUT2D eigenvalue weighted by Crippen LogP contribution is -2.61. The Balaban J connectivity index is 2.13. The van der Waals surface area contributed by atoms with Crippen LogP contribution < -0.4 is 14.3 Å².